The van der Waals surface area contributed by atoms with Crippen molar-refractivity contribution in [3.63, 3.8) is 0 Å². The molecule has 0 bridgehead atoms. The van der Waals surface area contributed by atoms with Gasteiger partial charge in [-0.25, -0.2) is 0 Å². The lowest BCUT2D eigenvalue weighted by molar-refractivity contribution is -0.125. The van der Waals surface area contributed by atoms with Crippen LogP contribution in [0.2, 0.25) is 0 Å². The van der Waals surface area contributed by atoms with Crippen LogP contribution in [0.4, 0.5) is 0 Å². The summed E-state index contributed by atoms with van der Waals surface area (Å²) in [5.74, 6) is -0.334. The molecule has 2 aromatic rings. The van der Waals surface area contributed by atoms with Gasteiger partial charge < -0.3 is 15.0 Å². The first-order chi connectivity index (χ1) is 13.1. The summed E-state index contributed by atoms with van der Waals surface area (Å²) in [6, 6.07) is 17.5. The normalized spacial score (nSPS) is 19.1. The molecule has 2 atom stereocenters. The SMILES string of the molecule is COCCNC(=O)[C@@H]1CN(C(=O)c2ccccc2)C[C@H]1c1ccc(C)cc1. The van der Waals surface area contributed by atoms with E-state index >= 15 is 0 Å². The lowest BCUT2D eigenvalue weighted by Gasteiger charge is -2.18. The molecule has 5 heteroatoms. The number of amides is 2. The fourth-order valence-corrected chi connectivity index (χ4v) is 3.56. The van der Waals surface area contributed by atoms with Gasteiger partial charge in [-0.3, -0.25) is 9.59 Å². The first-order valence-corrected chi connectivity index (χ1v) is 9.27. The Labute approximate surface area is 160 Å². The Morgan fingerprint density at radius 1 is 1.07 bits per heavy atom. The molecule has 0 radical (unpaired) electrons. The van der Waals surface area contributed by atoms with Crippen LogP contribution in [0.25, 0.3) is 0 Å². The fourth-order valence-electron chi connectivity index (χ4n) is 3.56. The van der Waals surface area contributed by atoms with Gasteiger partial charge in [-0.2, -0.15) is 0 Å². The van der Waals surface area contributed by atoms with Crippen LogP contribution in [0, 0.1) is 12.8 Å². The molecular formula is C22H26N2O3. The predicted octanol–water partition coefficient (Wildman–Crippen LogP) is 2.61. The van der Waals surface area contributed by atoms with Crippen LogP contribution in [0.5, 0.6) is 0 Å². The maximum atomic E-state index is 12.9. The van der Waals surface area contributed by atoms with E-state index in [9.17, 15) is 9.59 Å². The third kappa shape index (κ3) is 4.55. The van der Waals surface area contributed by atoms with E-state index in [2.05, 4.69) is 29.6 Å². The molecule has 1 aliphatic heterocycles. The summed E-state index contributed by atoms with van der Waals surface area (Å²) in [6.45, 7) is 3.95. The molecule has 0 aromatic heterocycles. The highest BCUT2D eigenvalue weighted by Gasteiger charge is 2.40. The molecule has 0 aliphatic carbocycles. The topological polar surface area (TPSA) is 58.6 Å². The van der Waals surface area contributed by atoms with Gasteiger partial charge in [0, 0.05) is 38.2 Å². The zero-order chi connectivity index (χ0) is 19.2. The smallest absolute Gasteiger partial charge is 0.253 e. The second-order valence-corrected chi connectivity index (χ2v) is 6.98. The van der Waals surface area contributed by atoms with Crippen molar-refractivity contribution in [2.45, 2.75) is 12.8 Å². The molecule has 2 amide bonds. The maximum absolute atomic E-state index is 12.9. The second kappa shape index (κ2) is 8.82. The van der Waals surface area contributed by atoms with Crippen molar-refractivity contribution < 1.29 is 14.3 Å². The van der Waals surface area contributed by atoms with Gasteiger partial charge in [-0.1, -0.05) is 48.0 Å². The zero-order valence-corrected chi connectivity index (χ0v) is 15.9. The molecule has 1 fully saturated rings. The van der Waals surface area contributed by atoms with E-state index in [1.54, 1.807) is 12.0 Å². The van der Waals surface area contributed by atoms with Gasteiger partial charge in [0.05, 0.1) is 12.5 Å². The molecule has 2 aromatic carbocycles. The van der Waals surface area contributed by atoms with Crippen LogP contribution >= 0.6 is 0 Å². The van der Waals surface area contributed by atoms with Crippen LogP contribution in [0.3, 0.4) is 0 Å². The summed E-state index contributed by atoms with van der Waals surface area (Å²) >= 11 is 0. The lowest BCUT2D eigenvalue weighted by Crippen LogP contribution is -2.37. The molecule has 0 spiro atoms. The van der Waals surface area contributed by atoms with Gasteiger partial charge in [0.1, 0.15) is 0 Å². The highest BCUT2D eigenvalue weighted by Crippen LogP contribution is 2.34. The lowest BCUT2D eigenvalue weighted by atomic mass is 9.88. The van der Waals surface area contributed by atoms with Crippen molar-refractivity contribution in [3.8, 4) is 0 Å². The summed E-state index contributed by atoms with van der Waals surface area (Å²) in [4.78, 5) is 27.4. The van der Waals surface area contributed by atoms with Crippen LogP contribution in [0.1, 0.15) is 27.4 Å². The number of benzene rings is 2. The van der Waals surface area contributed by atoms with Crippen molar-refractivity contribution in [1.82, 2.24) is 10.2 Å². The summed E-state index contributed by atoms with van der Waals surface area (Å²) < 4.78 is 5.02. The van der Waals surface area contributed by atoms with E-state index in [1.807, 2.05) is 37.3 Å². The minimum absolute atomic E-state index is 0.0131. The molecule has 142 valence electrons. The van der Waals surface area contributed by atoms with E-state index in [0.29, 0.717) is 31.8 Å². The first-order valence-electron chi connectivity index (χ1n) is 9.27. The molecule has 1 heterocycles. The average molecular weight is 366 g/mol. The summed E-state index contributed by atoms with van der Waals surface area (Å²) in [7, 11) is 1.61. The largest absolute Gasteiger partial charge is 0.383 e. The van der Waals surface area contributed by atoms with Gasteiger partial charge >= 0.3 is 0 Å². The predicted molar refractivity (Wildman–Crippen MR) is 105 cm³/mol. The third-order valence-electron chi connectivity index (χ3n) is 5.08. The quantitative estimate of drug-likeness (QED) is 0.800. The number of likely N-dealkylation sites (tertiary alicyclic amines) is 1. The Morgan fingerprint density at radius 3 is 2.44 bits per heavy atom. The molecule has 5 nitrogen and oxygen atoms in total. The minimum atomic E-state index is -0.266. The average Bonchev–Trinajstić information content (AvgIpc) is 3.14. The molecule has 27 heavy (non-hydrogen) atoms. The molecule has 1 aliphatic rings. The van der Waals surface area contributed by atoms with E-state index in [4.69, 9.17) is 4.74 Å². The maximum Gasteiger partial charge on any atom is 0.253 e. The standard InChI is InChI=1S/C22H26N2O3/c1-16-8-10-17(11-9-16)19-14-24(22(26)18-6-4-3-5-7-18)15-20(19)21(25)23-12-13-27-2/h3-11,19-20H,12-15H2,1-2H3,(H,23,25)/t19-,20+/m0/s1. The number of methoxy groups -OCH3 is 1. The van der Waals surface area contributed by atoms with Gasteiger partial charge in [0.15, 0.2) is 0 Å². The van der Waals surface area contributed by atoms with E-state index < -0.39 is 0 Å². The third-order valence-corrected chi connectivity index (χ3v) is 5.08. The second-order valence-electron chi connectivity index (χ2n) is 6.98. The van der Waals surface area contributed by atoms with Crippen LogP contribution in [-0.4, -0.2) is 50.1 Å². The fraction of sp³-hybridized carbons (Fsp3) is 0.364. The molecule has 0 unspecified atom stereocenters. The number of nitrogens with one attached hydrogen (secondary N) is 1. The van der Waals surface area contributed by atoms with Crippen molar-refractivity contribution in [2.24, 2.45) is 5.92 Å². The molecule has 1 N–H and O–H groups in total. The number of carbonyl (C=O) groups excluding carboxylic acids is 2. The highest BCUT2D eigenvalue weighted by atomic mass is 16.5. The first kappa shape index (κ1) is 19.1. The number of aryl methyl sites for hydroxylation is 1. The van der Waals surface area contributed by atoms with Gasteiger partial charge in [0.25, 0.3) is 5.91 Å². The van der Waals surface area contributed by atoms with Crippen molar-refractivity contribution >= 4 is 11.8 Å². The number of carbonyl (C=O) groups is 2. The molecule has 1 saturated heterocycles. The molecular weight excluding hydrogens is 340 g/mol. The Balaban J connectivity index is 1.80. The monoisotopic (exact) mass is 366 g/mol. The molecule has 0 saturated carbocycles. The van der Waals surface area contributed by atoms with Crippen LogP contribution in [0.15, 0.2) is 54.6 Å². The van der Waals surface area contributed by atoms with E-state index in [1.165, 1.54) is 5.56 Å². The Morgan fingerprint density at radius 2 is 1.78 bits per heavy atom. The summed E-state index contributed by atoms with van der Waals surface area (Å²) in [5, 5.41) is 2.93. The van der Waals surface area contributed by atoms with Crippen molar-refractivity contribution in [3.05, 3.63) is 71.3 Å². The van der Waals surface area contributed by atoms with Gasteiger partial charge in [0.2, 0.25) is 5.91 Å². The van der Waals surface area contributed by atoms with Gasteiger partial charge in [-0.15, -0.1) is 0 Å². The van der Waals surface area contributed by atoms with Gasteiger partial charge in [-0.05, 0) is 24.6 Å². The van der Waals surface area contributed by atoms with Crippen LogP contribution in [-0.2, 0) is 9.53 Å². The number of hydrogen-bond donors (Lipinski definition) is 1. The number of ether oxygens (including phenoxy) is 1. The van der Waals surface area contributed by atoms with Crippen LogP contribution < -0.4 is 5.32 Å². The summed E-state index contributed by atoms with van der Waals surface area (Å²) in [6.07, 6.45) is 0. The highest BCUT2D eigenvalue weighted by molar-refractivity contribution is 5.95. The minimum Gasteiger partial charge on any atom is -0.383 e. The Hall–Kier alpha value is -2.66. The van der Waals surface area contributed by atoms with Crippen molar-refractivity contribution in [1.29, 1.82) is 0 Å². The Bertz CT molecular complexity index is 774. The van der Waals surface area contributed by atoms with Crippen molar-refractivity contribution in [2.75, 3.05) is 33.4 Å². The van der Waals surface area contributed by atoms with E-state index in [0.717, 1.165) is 5.56 Å². The van der Waals surface area contributed by atoms with E-state index in [-0.39, 0.29) is 23.7 Å². The molecule has 3 rings (SSSR count). The number of rotatable bonds is 6. The summed E-state index contributed by atoms with van der Waals surface area (Å²) in [5.41, 5.74) is 2.92. The Kier molecular flexibility index (Phi) is 6.24. The number of nitrogens with zero attached hydrogens (tertiary/aromatic N) is 1. The zero-order valence-electron chi connectivity index (χ0n) is 15.9. The number of hydrogen-bond acceptors (Lipinski definition) is 3.